The molecule has 1 aromatic heterocycles. The molecule has 0 saturated carbocycles. The number of ether oxygens (including phenoxy) is 1. The van der Waals surface area contributed by atoms with Gasteiger partial charge in [0.25, 0.3) is 5.91 Å². The van der Waals surface area contributed by atoms with E-state index in [1.807, 2.05) is 28.9 Å². The van der Waals surface area contributed by atoms with E-state index in [1.165, 1.54) is 0 Å². The Labute approximate surface area is 159 Å². The highest BCUT2D eigenvalue weighted by molar-refractivity contribution is 7.14. The number of likely N-dealkylation sites (N-methyl/N-ethyl adjacent to an activating group) is 1. The first-order valence-electron chi connectivity index (χ1n) is 9.55. The van der Waals surface area contributed by atoms with Crippen LogP contribution in [0.2, 0.25) is 0 Å². The van der Waals surface area contributed by atoms with Crippen LogP contribution in [-0.2, 0) is 9.53 Å². The predicted octanol–water partition coefficient (Wildman–Crippen LogP) is 2.23. The molecule has 0 N–H and O–H groups in total. The minimum absolute atomic E-state index is 0.0474. The summed E-state index contributed by atoms with van der Waals surface area (Å²) in [4.78, 5) is 33.3. The second kappa shape index (κ2) is 8.97. The van der Waals surface area contributed by atoms with E-state index < -0.39 is 0 Å². The van der Waals surface area contributed by atoms with Gasteiger partial charge in [0.15, 0.2) is 0 Å². The van der Waals surface area contributed by atoms with Gasteiger partial charge in [-0.2, -0.15) is 0 Å². The zero-order chi connectivity index (χ0) is 18.5. The molecular weight excluding hydrogens is 350 g/mol. The van der Waals surface area contributed by atoms with Gasteiger partial charge in [-0.3, -0.25) is 9.59 Å². The lowest BCUT2D eigenvalue weighted by Crippen LogP contribution is -2.34. The standard InChI is InChI=1S/C19H29N3O3S/c1-3-25-14-18(23)22-11-4-6-15(22)16-7-8-17(26-16)19(24)21-10-5-9-20(2)12-13-21/h7-8,15H,3-6,9-14H2,1-2H3. The molecule has 6 nitrogen and oxygen atoms in total. The Hall–Kier alpha value is -1.44. The highest BCUT2D eigenvalue weighted by Gasteiger charge is 2.31. The van der Waals surface area contributed by atoms with Crippen molar-refractivity contribution >= 4 is 23.2 Å². The van der Waals surface area contributed by atoms with E-state index in [2.05, 4.69) is 11.9 Å². The van der Waals surface area contributed by atoms with Gasteiger partial charge in [0.2, 0.25) is 5.91 Å². The Morgan fingerprint density at radius 2 is 2.00 bits per heavy atom. The molecular formula is C19H29N3O3S. The predicted molar refractivity (Wildman–Crippen MR) is 103 cm³/mol. The molecule has 144 valence electrons. The van der Waals surface area contributed by atoms with Gasteiger partial charge in [0.1, 0.15) is 6.61 Å². The number of likely N-dealkylation sites (tertiary alicyclic amines) is 1. The summed E-state index contributed by atoms with van der Waals surface area (Å²) in [6.45, 7) is 6.93. The van der Waals surface area contributed by atoms with Gasteiger partial charge in [-0.25, -0.2) is 0 Å². The molecule has 0 radical (unpaired) electrons. The normalized spacial score (nSPS) is 21.8. The first kappa shape index (κ1) is 19.3. The summed E-state index contributed by atoms with van der Waals surface area (Å²) in [7, 11) is 2.10. The number of hydrogen-bond donors (Lipinski definition) is 0. The molecule has 7 heteroatoms. The minimum Gasteiger partial charge on any atom is -0.372 e. The SMILES string of the molecule is CCOCC(=O)N1CCCC1c1ccc(C(=O)N2CCCN(C)CC2)s1. The number of carbonyl (C=O) groups is 2. The fraction of sp³-hybridized carbons (Fsp3) is 0.684. The van der Waals surface area contributed by atoms with Crippen molar-refractivity contribution in [3.8, 4) is 0 Å². The largest absolute Gasteiger partial charge is 0.372 e. The Morgan fingerprint density at radius 3 is 2.81 bits per heavy atom. The third kappa shape index (κ3) is 4.45. The molecule has 2 fully saturated rings. The van der Waals surface area contributed by atoms with Crippen molar-refractivity contribution in [1.82, 2.24) is 14.7 Å². The number of rotatable bonds is 5. The van der Waals surface area contributed by atoms with E-state index in [0.29, 0.717) is 6.61 Å². The highest BCUT2D eigenvalue weighted by atomic mass is 32.1. The van der Waals surface area contributed by atoms with Crippen LogP contribution in [0.25, 0.3) is 0 Å². The van der Waals surface area contributed by atoms with Gasteiger partial charge in [-0.1, -0.05) is 0 Å². The summed E-state index contributed by atoms with van der Waals surface area (Å²) in [6.07, 6.45) is 2.98. The van der Waals surface area contributed by atoms with Crippen LogP contribution in [0.15, 0.2) is 12.1 Å². The zero-order valence-electron chi connectivity index (χ0n) is 15.8. The monoisotopic (exact) mass is 379 g/mol. The lowest BCUT2D eigenvalue weighted by atomic mass is 10.2. The third-order valence-corrected chi connectivity index (χ3v) is 6.35. The summed E-state index contributed by atoms with van der Waals surface area (Å²) in [5, 5.41) is 0. The Balaban J connectivity index is 1.66. The summed E-state index contributed by atoms with van der Waals surface area (Å²) in [5.74, 6) is 0.174. The van der Waals surface area contributed by atoms with Crippen LogP contribution in [0, 0.1) is 0 Å². The van der Waals surface area contributed by atoms with Crippen molar-refractivity contribution in [2.24, 2.45) is 0 Å². The smallest absolute Gasteiger partial charge is 0.263 e. The van der Waals surface area contributed by atoms with Crippen LogP contribution in [0.1, 0.15) is 46.8 Å². The second-order valence-corrected chi connectivity index (χ2v) is 8.15. The molecule has 2 saturated heterocycles. The fourth-order valence-corrected chi connectivity index (χ4v) is 4.81. The van der Waals surface area contributed by atoms with Gasteiger partial charge >= 0.3 is 0 Å². The maximum atomic E-state index is 12.9. The van der Waals surface area contributed by atoms with Crippen LogP contribution in [-0.4, -0.2) is 79.5 Å². The number of amides is 2. The molecule has 1 aromatic rings. The highest BCUT2D eigenvalue weighted by Crippen LogP contribution is 2.36. The molecule has 0 aromatic carbocycles. The molecule has 1 atom stereocenters. The van der Waals surface area contributed by atoms with Gasteiger partial charge in [0, 0.05) is 37.7 Å². The number of nitrogens with zero attached hydrogens (tertiary/aromatic N) is 3. The molecule has 2 aliphatic heterocycles. The van der Waals surface area contributed by atoms with Crippen molar-refractivity contribution < 1.29 is 14.3 Å². The fourth-order valence-electron chi connectivity index (χ4n) is 3.69. The van der Waals surface area contributed by atoms with E-state index in [4.69, 9.17) is 4.74 Å². The summed E-state index contributed by atoms with van der Waals surface area (Å²) in [6, 6.07) is 4.05. The van der Waals surface area contributed by atoms with Gasteiger partial charge in [-0.15, -0.1) is 11.3 Å². The van der Waals surface area contributed by atoms with Crippen LogP contribution >= 0.6 is 11.3 Å². The van der Waals surface area contributed by atoms with E-state index in [9.17, 15) is 9.59 Å². The Bertz CT molecular complexity index is 633. The topological polar surface area (TPSA) is 53.1 Å². The first-order chi connectivity index (χ1) is 12.6. The van der Waals surface area contributed by atoms with Crippen molar-refractivity contribution in [2.75, 3.05) is 53.0 Å². The Kier molecular flexibility index (Phi) is 6.67. The van der Waals surface area contributed by atoms with Crippen molar-refractivity contribution in [2.45, 2.75) is 32.2 Å². The van der Waals surface area contributed by atoms with Crippen LogP contribution in [0.5, 0.6) is 0 Å². The van der Waals surface area contributed by atoms with E-state index >= 15 is 0 Å². The van der Waals surface area contributed by atoms with E-state index in [-0.39, 0.29) is 24.5 Å². The third-order valence-electron chi connectivity index (χ3n) is 5.18. The van der Waals surface area contributed by atoms with Crippen molar-refractivity contribution in [3.63, 3.8) is 0 Å². The first-order valence-corrected chi connectivity index (χ1v) is 10.4. The Morgan fingerprint density at radius 1 is 1.15 bits per heavy atom. The maximum absolute atomic E-state index is 12.9. The molecule has 2 amide bonds. The van der Waals surface area contributed by atoms with Gasteiger partial charge < -0.3 is 19.4 Å². The number of carbonyl (C=O) groups excluding carboxylic acids is 2. The molecule has 1 unspecified atom stereocenters. The number of hydrogen-bond acceptors (Lipinski definition) is 5. The lowest BCUT2D eigenvalue weighted by molar-refractivity contribution is -0.136. The molecule has 26 heavy (non-hydrogen) atoms. The molecule has 2 aliphatic rings. The van der Waals surface area contributed by atoms with Gasteiger partial charge in [-0.05, 0) is 51.9 Å². The molecule has 0 bridgehead atoms. The average molecular weight is 380 g/mol. The molecule has 3 heterocycles. The van der Waals surface area contributed by atoms with E-state index in [0.717, 1.165) is 61.7 Å². The van der Waals surface area contributed by atoms with Crippen LogP contribution in [0.3, 0.4) is 0 Å². The second-order valence-electron chi connectivity index (χ2n) is 7.03. The zero-order valence-corrected chi connectivity index (χ0v) is 16.6. The quantitative estimate of drug-likeness (QED) is 0.787. The average Bonchev–Trinajstić information content (AvgIpc) is 3.26. The minimum atomic E-state index is 0.0474. The van der Waals surface area contributed by atoms with Crippen LogP contribution in [0.4, 0.5) is 0 Å². The molecule has 0 spiro atoms. The molecule has 3 rings (SSSR count). The number of thiophene rings is 1. The summed E-state index contributed by atoms with van der Waals surface area (Å²) < 4.78 is 5.28. The lowest BCUT2D eigenvalue weighted by Gasteiger charge is -2.24. The molecule has 0 aliphatic carbocycles. The van der Waals surface area contributed by atoms with Crippen molar-refractivity contribution in [1.29, 1.82) is 0 Å². The summed E-state index contributed by atoms with van der Waals surface area (Å²) >= 11 is 1.54. The maximum Gasteiger partial charge on any atom is 0.263 e. The van der Waals surface area contributed by atoms with Crippen LogP contribution < -0.4 is 0 Å². The van der Waals surface area contributed by atoms with E-state index in [1.54, 1.807) is 11.3 Å². The van der Waals surface area contributed by atoms with Gasteiger partial charge in [0.05, 0.1) is 10.9 Å². The summed E-state index contributed by atoms with van der Waals surface area (Å²) in [5.41, 5.74) is 0. The van der Waals surface area contributed by atoms with Crippen molar-refractivity contribution in [3.05, 3.63) is 21.9 Å².